The number of hydrogen-bond acceptors (Lipinski definition) is 4. The molecule has 0 radical (unpaired) electrons. The molecule has 1 aliphatic carbocycles. The van der Waals surface area contributed by atoms with Gasteiger partial charge in [0.1, 0.15) is 6.04 Å². The van der Waals surface area contributed by atoms with Crippen LogP contribution in [0, 0.1) is 0 Å². The van der Waals surface area contributed by atoms with Crippen molar-refractivity contribution in [3.05, 3.63) is 41.2 Å². The summed E-state index contributed by atoms with van der Waals surface area (Å²) in [5.41, 5.74) is 0.456. The summed E-state index contributed by atoms with van der Waals surface area (Å²) in [6, 6.07) is 5.70. The van der Waals surface area contributed by atoms with Crippen LogP contribution in [0.2, 0.25) is 0 Å². The Hall–Kier alpha value is -2.71. The van der Waals surface area contributed by atoms with Gasteiger partial charge in [-0.3, -0.25) is 9.48 Å². The maximum Gasteiger partial charge on any atom is 0.435 e. The van der Waals surface area contributed by atoms with Crippen molar-refractivity contribution in [1.82, 2.24) is 15.1 Å². The van der Waals surface area contributed by atoms with Gasteiger partial charge in [-0.15, -0.1) is 0 Å². The number of alkyl halides is 3. The molecule has 1 heterocycles. The van der Waals surface area contributed by atoms with Crippen molar-refractivity contribution in [3.8, 4) is 11.5 Å². The number of methoxy groups -OCH3 is 2. The number of carbonyl (C=O) groups excluding carboxylic acids is 1. The van der Waals surface area contributed by atoms with Crippen LogP contribution in [0.15, 0.2) is 24.3 Å². The van der Waals surface area contributed by atoms with Crippen LogP contribution in [0.5, 0.6) is 11.5 Å². The van der Waals surface area contributed by atoms with Crippen molar-refractivity contribution in [2.75, 3.05) is 20.8 Å². The van der Waals surface area contributed by atoms with Crippen LogP contribution >= 0.6 is 0 Å². The molecule has 1 amide bonds. The lowest BCUT2D eigenvalue weighted by Gasteiger charge is -2.16. The molecule has 29 heavy (non-hydrogen) atoms. The first-order chi connectivity index (χ1) is 13.7. The summed E-state index contributed by atoms with van der Waals surface area (Å²) in [6.07, 6.45) is -2.35. The van der Waals surface area contributed by atoms with Crippen molar-refractivity contribution in [1.29, 1.82) is 0 Å². The second kappa shape index (κ2) is 8.34. The Morgan fingerprint density at radius 3 is 2.52 bits per heavy atom. The standard InChI is InChI=1S/C20H24F3N3O3/c1-12(26-15(14-5-6-14)11-18(25-26)20(21,22)23)19(27)24-9-8-13-4-7-16(28-2)17(10-13)29-3/h4,7,10-12,14H,5-6,8-9H2,1-3H3,(H,24,27). The van der Waals surface area contributed by atoms with Gasteiger partial charge in [0.2, 0.25) is 5.91 Å². The third-order valence-electron chi connectivity index (χ3n) is 4.96. The molecule has 9 heteroatoms. The quantitative estimate of drug-likeness (QED) is 0.719. The van der Waals surface area contributed by atoms with Gasteiger partial charge in [-0.05, 0) is 49.9 Å². The molecule has 1 aliphatic rings. The number of hydrogen-bond donors (Lipinski definition) is 1. The minimum absolute atomic E-state index is 0.0422. The van der Waals surface area contributed by atoms with Crippen LogP contribution in [0.3, 0.4) is 0 Å². The molecule has 158 valence electrons. The fourth-order valence-corrected chi connectivity index (χ4v) is 3.17. The molecule has 1 aromatic heterocycles. The lowest BCUT2D eigenvalue weighted by Crippen LogP contribution is -2.33. The smallest absolute Gasteiger partial charge is 0.435 e. The highest BCUT2D eigenvalue weighted by Crippen LogP contribution is 2.43. The predicted octanol–water partition coefficient (Wildman–Crippen LogP) is 3.72. The average molecular weight is 411 g/mol. The Balaban J connectivity index is 1.63. The number of nitrogens with zero attached hydrogens (tertiary/aromatic N) is 2. The molecule has 2 aromatic rings. The zero-order chi connectivity index (χ0) is 21.2. The van der Waals surface area contributed by atoms with Crippen molar-refractivity contribution >= 4 is 5.91 Å². The summed E-state index contributed by atoms with van der Waals surface area (Å²) in [7, 11) is 3.09. The first-order valence-corrected chi connectivity index (χ1v) is 9.39. The van der Waals surface area contributed by atoms with Crippen LogP contribution in [0.25, 0.3) is 0 Å². The molecule has 0 spiro atoms. The minimum atomic E-state index is -4.53. The van der Waals surface area contributed by atoms with Crippen LogP contribution in [0.1, 0.15) is 48.7 Å². The molecule has 1 atom stereocenters. The van der Waals surface area contributed by atoms with E-state index in [1.165, 1.54) is 4.68 Å². The van der Waals surface area contributed by atoms with Gasteiger partial charge in [0.15, 0.2) is 17.2 Å². The largest absolute Gasteiger partial charge is 0.493 e. The SMILES string of the molecule is COc1ccc(CCNC(=O)C(C)n2nc(C(F)(F)F)cc2C2CC2)cc1OC. The molecular formula is C20H24F3N3O3. The molecule has 1 N–H and O–H groups in total. The normalized spacial score (nSPS) is 15.1. The zero-order valence-corrected chi connectivity index (χ0v) is 16.5. The number of aromatic nitrogens is 2. The summed E-state index contributed by atoms with van der Waals surface area (Å²) >= 11 is 0. The first kappa shape index (κ1) is 21.0. The van der Waals surface area contributed by atoms with E-state index in [0.29, 0.717) is 30.2 Å². The topological polar surface area (TPSA) is 65.4 Å². The highest BCUT2D eigenvalue weighted by atomic mass is 19.4. The van der Waals surface area contributed by atoms with Gasteiger partial charge in [0, 0.05) is 18.2 Å². The lowest BCUT2D eigenvalue weighted by molar-refractivity contribution is -0.142. The molecule has 1 saturated carbocycles. The molecular weight excluding hydrogens is 387 g/mol. The number of rotatable bonds is 8. The van der Waals surface area contributed by atoms with Crippen LogP contribution in [-0.2, 0) is 17.4 Å². The van der Waals surface area contributed by atoms with Crippen molar-refractivity contribution < 1.29 is 27.4 Å². The Morgan fingerprint density at radius 1 is 1.24 bits per heavy atom. The van der Waals surface area contributed by atoms with Crippen LogP contribution in [-0.4, -0.2) is 36.5 Å². The Labute approximate surface area is 167 Å². The molecule has 6 nitrogen and oxygen atoms in total. The summed E-state index contributed by atoms with van der Waals surface area (Å²) in [6.45, 7) is 1.90. The molecule has 0 aliphatic heterocycles. The summed E-state index contributed by atoms with van der Waals surface area (Å²) in [5.74, 6) is 0.875. The van der Waals surface area contributed by atoms with E-state index >= 15 is 0 Å². The van der Waals surface area contributed by atoms with E-state index < -0.39 is 17.9 Å². The van der Waals surface area contributed by atoms with Crippen LogP contribution in [0.4, 0.5) is 13.2 Å². The third kappa shape index (κ3) is 4.83. The van der Waals surface area contributed by atoms with Crippen LogP contribution < -0.4 is 14.8 Å². The summed E-state index contributed by atoms with van der Waals surface area (Å²) in [4.78, 5) is 12.5. The van der Waals surface area contributed by atoms with Gasteiger partial charge in [-0.2, -0.15) is 18.3 Å². The number of halogens is 3. The molecule has 1 fully saturated rings. The van der Waals surface area contributed by atoms with Gasteiger partial charge in [-0.25, -0.2) is 0 Å². The van der Waals surface area contributed by atoms with E-state index in [4.69, 9.17) is 9.47 Å². The average Bonchev–Trinajstić information content (AvgIpc) is 3.43. The highest BCUT2D eigenvalue weighted by molar-refractivity contribution is 5.79. The van der Waals surface area contributed by atoms with E-state index in [0.717, 1.165) is 24.5 Å². The third-order valence-corrected chi connectivity index (χ3v) is 4.96. The minimum Gasteiger partial charge on any atom is -0.493 e. The van der Waals surface area contributed by atoms with Gasteiger partial charge >= 0.3 is 6.18 Å². The fourth-order valence-electron chi connectivity index (χ4n) is 3.17. The Kier molecular flexibility index (Phi) is 6.04. The van der Waals surface area contributed by atoms with E-state index in [1.54, 1.807) is 27.2 Å². The maximum absolute atomic E-state index is 13.0. The molecule has 1 unspecified atom stereocenters. The van der Waals surface area contributed by atoms with E-state index in [1.807, 2.05) is 12.1 Å². The summed E-state index contributed by atoms with van der Waals surface area (Å²) in [5, 5.41) is 6.45. The van der Waals surface area contributed by atoms with Gasteiger partial charge < -0.3 is 14.8 Å². The summed E-state index contributed by atoms with van der Waals surface area (Å²) < 4.78 is 50.8. The van der Waals surface area contributed by atoms with E-state index in [-0.39, 0.29) is 11.8 Å². The first-order valence-electron chi connectivity index (χ1n) is 9.39. The molecule has 0 saturated heterocycles. The number of carbonyl (C=O) groups is 1. The van der Waals surface area contributed by atoms with Crippen molar-refractivity contribution in [2.24, 2.45) is 0 Å². The van der Waals surface area contributed by atoms with Gasteiger partial charge in [0.25, 0.3) is 0 Å². The molecule has 1 aromatic carbocycles. The fraction of sp³-hybridized carbons (Fsp3) is 0.500. The zero-order valence-electron chi connectivity index (χ0n) is 16.5. The number of amides is 1. The van der Waals surface area contributed by atoms with E-state index in [2.05, 4.69) is 10.4 Å². The van der Waals surface area contributed by atoms with Gasteiger partial charge in [-0.1, -0.05) is 6.07 Å². The molecule has 3 rings (SSSR count). The van der Waals surface area contributed by atoms with Crippen molar-refractivity contribution in [3.63, 3.8) is 0 Å². The number of nitrogens with one attached hydrogen (secondary N) is 1. The molecule has 0 bridgehead atoms. The lowest BCUT2D eigenvalue weighted by atomic mass is 10.1. The van der Waals surface area contributed by atoms with E-state index in [9.17, 15) is 18.0 Å². The van der Waals surface area contributed by atoms with Crippen molar-refractivity contribution in [2.45, 2.75) is 44.3 Å². The maximum atomic E-state index is 13.0. The number of benzene rings is 1. The number of ether oxygens (including phenoxy) is 2. The Morgan fingerprint density at radius 2 is 1.93 bits per heavy atom. The van der Waals surface area contributed by atoms with Gasteiger partial charge in [0.05, 0.1) is 14.2 Å². The second-order valence-corrected chi connectivity index (χ2v) is 7.08. The Bertz CT molecular complexity index is 876. The monoisotopic (exact) mass is 411 g/mol. The second-order valence-electron chi connectivity index (χ2n) is 7.08. The highest BCUT2D eigenvalue weighted by Gasteiger charge is 2.39. The predicted molar refractivity (Wildman–Crippen MR) is 100 cm³/mol.